The maximum absolute atomic E-state index is 15.4. The van der Waals surface area contributed by atoms with E-state index in [4.69, 9.17) is 13.8 Å². The Hall–Kier alpha value is -6.20. The number of oxazole rings is 1. The summed E-state index contributed by atoms with van der Waals surface area (Å²) < 4.78 is 28.0. The molecule has 218 valence electrons. The summed E-state index contributed by atoms with van der Waals surface area (Å²) in [6, 6.07) is 49.5. The van der Waals surface area contributed by atoms with Gasteiger partial charge in [-0.3, -0.25) is 0 Å². The Morgan fingerprint density at radius 1 is 0.522 bits per heavy atom. The average molecular weight is 597 g/mol. The van der Waals surface area contributed by atoms with Crippen LogP contribution in [0.25, 0.3) is 66.4 Å². The summed E-state index contributed by atoms with van der Waals surface area (Å²) in [6.07, 6.45) is 0. The summed E-state index contributed by atoms with van der Waals surface area (Å²) in [5, 5.41) is 4.25. The van der Waals surface area contributed by atoms with Crippen molar-refractivity contribution in [1.29, 1.82) is 0 Å². The number of furan rings is 1. The van der Waals surface area contributed by atoms with Gasteiger partial charge in [0.05, 0.1) is 5.69 Å². The molecule has 4 nitrogen and oxygen atoms in total. The van der Waals surface area contributed by atoms with Crippen molar-refractivity contribution in [3.8, 4) is 22.6 Å². The van der Waals surface area contributed by atoms with Crippen LogP contribution in [0.3, 0.4) is 0 Å². The van der Waals surface area contributed by atoms with Gasteiger partial charge < -0.3 is 13.7 Å². The van der Waals surface area contributed by atoms with Crippen molar-refractivity contribution in [2.45, 2.75) is 0 Å². The molecular formula is C41H25FN2O2. The van der Waals surface area contributed by atoms with Gasteiger partial charge in [0.2, 0.25) is 5.89 Å². The van der Waals surface area contributed by atoms with Crippen molar-refractivity contribution in [2.75, 3.05) is 4.90 Å². The third-order valence-corrected chi connectivity index (χ3v) is 8.56. The molecule has 0 atom stereocenters. The van der Waals surface area contributed by atoms with E-state index in [-0.39, 0.29) is 5.82 Å². The van der Waals surface area contributed by atoms with Crippen molar-refractivity contribution in [3.05, 3.63) is 157 Å². The normalized spacial score (nSPS) is 11.6. The number of anilines is 3. The second-order valence-corrected chi connectivity index (χ2v) is 11.3. The summed E-state index contributed by atoms with van der Waals surface area (Å²) in [6.45, 7) is 0. The van der Waals surface area contributed by atoms with Crippen molar-refractivity contribution in [3.63, 3.8) is 0 Å². The van der Waals surface area contributed by atoms with Gasteiger partial charge in [-0.15, -0.1) is 0 Å². The molecule has 2 heterocycles. The van der Waals surface area contributed by atoms with E-state index in [1.165, 1.54) is 16.8 Å². The molecule has 0 spiro atoms. The fourth-order valence-corrected chi connectivity index (χ4v) is 6.35. The van der Waals surface area contributed by atoms with Gasteiger partial charge >= 0.3 is 0 Å². The zero-order valence-electron chi connectivity index (χ0n) is 24.5. The molecule has 7 aromatic carbocycles. The van der Waals surface area contributed by atoms with Gasteiger partial charge in [0.15, 0.2) is 5.58 Å². The van der Waals surface area contributed by atoms with Gasteiger partial charge in [-0.25, -0.2) is 9.37 Å². The van der Waals surface area contributed by atoms with Gasteiger partial charge in [-0.05, 0) is 88.6 Å². The summed E-state index contributed by atoms with van der Waals surface area (Å²) in [7, 11) is 0. The van der Waals surface area contributed by atoms with E-state index in [0.717, 1.165) is 55.5 Å². The lowest BCUT2D eigenvalue weighted by Crippen LogP contribution is -2.11. The van der Waals surface area contributed by atoms with Gasteiger partial charge in [0.1, 0.15) is 22.5 Å². The highest BCUT2D eigenvalue weighted by molar-refractivity contribution is 6.12. The molecule has 0 saturated carbocycles. The quantitative estimate of drug-likeness (QED) is 0.198. The molecular weight excluding hydrogens is 571 g/mol. The number of aromatic nitrogens is 1. The number of nitrogens with zero attached hydrogens (tertiary/aromatic N) is 2. The lowest BCUT2D eigenvalue weighted by Gasteiger charge is -2.26. The number of fused-ring (bicyclic) bond motifs is 5. The van der Waals surface area contributed by atoms with Gasteiger partial charge in [0.25, 0.3) is 0 Å². The smallest absolute Gasteiger partial charge is 0.228 e. The van der Waals surface area contributed by atoms with E-state index in [0.29, 0.717) is 17.2 Å². The Bertz CT molecular complexity index is 2530. The topological polar surface area (TPSA) is 42.4 Å². The first-order chi connectivity index (χ1) is 22.7. The number of halogens is 1. The minimum Gasteiger partial charge on any atom is -0.456 e. The van der Waals surface area contributed by atoms with Crippen LogP contribution in [0.1, 0.15) is 0 Å². The van der Waals surface area contributed by atoms with Crippen LogP contribution in [0, 0.1) is 5.82 Å². The molecule has 0 fully saturated rings. The molecule has 0 aliphatic heterocycles. The second kappa shape index (κ2) is 10.5. The first-order valence-electron chi connectivity index (χ1n) is 15.1. The molecule has 0 unspecified atom stereocenters. The van der Waals surface area contributed by atoms with Gasteiger partial charge in [0, 0.05) is 33.8 Å². The van der Waals surface area contributed by atoms with Crippen molar-refractivity contribution < 1.29 is 13.2 Å². The molecule has 0 amide bonds. The monoisotopic (exact) mass is 596 g/mol. The Morgan fingerprint density at radius 3 is 2.13 bits per heavy atom. The summed E-state index contributed by atoms with van der Waals surface area (Å²) in [4.78, 5) is 6.66. The molecule has 9 aromatic rings. The highest BCUT2D eigenvalue weighted by atomic mass is 19.1. The van der Waals surface area contributed by atoms with Crippen LogP contribution >= 0.6 is 0 Å². The van der Waals surface area contributed by atoms with Crippen LogP contribution in [-0.2, 0) is 0 Å². The lowest BCUT2D eigenvalue weighted by molar-refractivity contribution is 0.620. The molecule has 2 aromatic heterocycles. The maximum Gasteiger partial charge on any atom is 0.228 e. The number of benzene rings is 7. The summed E-state index contributed by atoms with van der Waals surface area (Å²) >= 11 is 0. The number of para-hydroxylation sites is 3. The molecule has 0 aliphatic carbocycles. The molecule has 9 rings (SSSR count). The predicted molar refractivity (Wildman–Crippen MR) is 184 cm³/mol. The first-order valence-corrected chi connectivity index (χ1v) is 15.1. The highest BCUT2D eigenvalue weighted by Crippen LogP contribution is 2.42. The first kappa shape index (κ1) is 26.2. The molecule has 0 aliphatic rings. The van der Waals surface area contributed by atoms with E-state index in [1.807, 2.05) is 89.8 Å². The summed E-state index contributed by atoms with van der Waals surface area (Å²) in [5.74, 6) is 0.224. The standard InChI is InChI=1S/C41H25FN2O2/c42-34-11-3-5-13-36(34)44(30-20-18-27(19-21-30)29-17-16-26-8-1-2-9-28(26)24-29)31-22-23-32-39(25-31)45-38-15-7-10-33(40(32)38)41-43-35-12-4-6-14-37(35)46-41/h1-25H. The van der Waals surface area contributed by atoms with Crippen LogP contribution in [-0.4, -0.2) is 4.98 Å². The molecule has 0 bridgehead atoms. The van der Waals surface area contributed by atoms with Crippen molar-refractivity contribution in [1.82, 2.24) is 4.98 Å². The van der Waals surface area contributed by atoms with Crippen LogP contribution in [0.2, 0.25) is 0 Å². The van der Waals surface area contributed by atoms with E-state index >= 15 is 4.39 Å². The lowest BCUT2D eigenvalue weighted by atomic mass is 10.0. The van der Waals surface area contributed by atoms with E-state index in [1.54, 1.807) is 12.1 Å². The zero-order chi connectivity index (χ0) is 30.6. The molecule has 0 saturated heterocycles. The third-order valence-electron chi connectivity index (χ3n) is 8.56. The number of hydrogen-bond acceptors (Lipinski definition) is 4. The second-order valence-electron chi connectivity index (χ2n) is 11.3. The Labute approximate surface area is 263 Å². The Kier molecular flexibility index (Phi) is 5.96. The highest BCUT2D eigenvalue weighted by Gasteiger charge is 2.20. The SMILES string of the molecule is Fc1ccccc1N(c1ccc(-c2ccc3ccccc3c2)cc1)c1ccc2c(c1)oc1cccc(-c3nc4ccccc4o3)c12. The largest absolute Gasteiger partial charge is 0.456 e. The molecule has 0 radical (unpaired) electrons. The van der Waals surface area contributed by atoms with E-state index in [2.05, 4.69) is 48.5 Å². The van der Waals surface area contributed by atoms with Crippen LogP contribution in [0.4, 0.5) is 21.5 Å². The fraction of sp³-hybridized carbons (Fsp3) is 0. The third kappa shape index (κ3) is 4.32. The molecule has 5 heteroatoms. The maximum atomic E-state index is 15.4. The van der Waals surface area contributed by atoms with Crippen LogP contribution < -0.4 is 4.90 Å². The minimum absolute atomic E-state index is 0.316. The zero-order valence-corrected chi connectivity index (χ0v) is 24.5. The minimum atomic E-state index is -0.316. The van der Waals surface area contributed by atoms with Gasteiger partial charge in [-0.1, -0.05) is 78.9 Å². The summed E-state index contributed by atoms with van der Waals surface area (Å²) in [5.41, 5.74) is 8.07. The van der Waals surface area contributed by atoms with E-state index in [9.17, 15) is 0 Å². The fourth-order valence-electron chi connectivity index (χ4n) is 6.35. The Morgan fingerprint density at radius 2 is 1.26 bits per heavy atom. The molecule has 46 heavy (non-hydrogen) atoms. The number of rotatable bonds is 5. The van der Waals surface area contributed by atoms with Crippen molar-refractivity contribution >= 4 is 60.9 Å². The molecule has 0 N–H and O–H groups in total. The van der Waals surface area contributed by atoms with Crippen LogP contribution in [0.5, 0.6) is 0 Å². The Balaban J connectivity index is 1.16. The van der Waals surface area contributed by atoms with E-state index < -0.39 is 0 Å². The van der Waals surface area contributed by atoms with Gasteiger partial charge in [-0.2, -0.15) is 0 Å². The van der Waals surface area contributed by atoms with Crippen LogP contribution in [0.15, 0.2) is 160 Å². The number of hydrogen-bond donors (Lipinski definition) is 0. The van der Waals surface area contributed by atoms with Crippen molar-refractivity contribution in [2.24, 2.45) is 0 Å². The average Bonchev–Trinajstić information content (AvgIpc) is 3.71. The predicted octanol–water partition coefficient (Wildman–Crippen LogP) is 11.8.